The van der Waals surface area contributed by atoms with Gasteiger partial charge in [-0.2, -0.15) is 0 Å². The third kappa shape index (κ3) is 1.42. The van der Waals surface area contributed by atoms with Crippen molar-refractivity contribution in [3.8, 4) is 0 Å². The average molecular weight is 260 g/mol. The van der Waals surface area contributed by atoms with E-state index in [0.29, 0.717) is 11.1 Å². The van der Waals surface area contributed by atoms with Crippen molar-refractivity contribution < 1.29 is 9.21 Å². The molecule has 0 unspecified atom stereocenters. The third-order valence-electron chi connectivity index (χ3n) is 3.77. The van der Waals surface area contributed by atoms with E-state index in [0.717, 1.165) is 27.1 Å². The fourth-order valence-corrected chi connectivity index (χ4v) is 2.80. The molecular weight excluding hydrogens is 248 g/mol. The van der Waals surface area contributed by atoms with Crippen molar-refractivity contribution in [3.05, 3.63) is 60.2 Å². The lowest BCUT2D eigenvalue weighted by Gasteiger charge is -1.97. The van der Waals surface area contributed by atoms with Crippen LogP contribution in [-0.4, -0.2) is 5.78 Å². The monoisotopic (exact) mass is 260 g/mol. The summed E-state index contributed by atoms with van der Waals surface area (Å²) in [7, 11) is 0. The zero-order valence-corrected chi connectivity index (χ0v) is 11.0. The summed E-state index contributed by atoms with van der Waals surface area (Å²) in [6, 6.07) is 18.0. The molecule has 0 aliphatic rings. The molecule has 4 rings (SSSR count). The Balaban J connectivity index is 2.27. The molecule has 0 saturated carbocycles. The van der Waals surface area contributed by atoms with Gasteiger partial charge in [-0.25, -0.2) is 0 Å². The third-order valence-corrected chi connectivity index (χ3v) is 3.77. The molecule has 0 saturated heterocycles. The highest BCUT2D eigenvalue weighted by Gasteiger charge is 2.14. The van der Waals surface area contributed by atoms with Gasteiger partial charge in [0.1, 0.15) is 11.2 Å². The summed E-state index contributed by atoms with van der Waals surface area (Å²) in [5.74, 6) is 0.0268. The standard InChI is InChI=1S/C18H12O2/c1-11(19)13-7-4-8-15-16-10-9-12-5-2-3-6-14(12)18(16)20-17(13)15/h2-10H,1H3. The van der Waals surface area contributed by atoms with E-state index in [2.05, 4.69) is 18.2 Å². The van der Waals surface area contributed by atoms with Gasteiger partial charge in [-0.1, -0.05) is 42.5 Å². The Labute approximate surface area is 115 Å². The molecule has 0 atom stereocenters. The van der Waals surface area contributed by atoms with Crippen molar-refractivity contribution in [2.24, 2.45) is 0 Å². The van der Waals surface area contributed by atoms with Crippen LogP contribution in [0.25, 0.3) is 32.7 Å². The van der Waals surface area contributed by atoms with Gasteiger partial charge >= 0.3 is 0 Å². The molecule has 3 aromatic carbocycles. The molecule has 96 valence electrons. The molecule has 1 heterocycles. The first-order valence-corrected chi connectivity index (χ1v) is 6.59. The Hall–Kier alpha value is -2.61. The van der Waals surface area contributed by atoms with E-state index in [1.54, 1.807) is 6.92 Å². The van der Waals surface area contributed by atoms with Gasteiger partial charge in [-0.3, -0.25) is 4.79 Å². The summed E-state index contributed by atoms with van der Waals surface area (Å²) < 4.78 is 6.04. The molecule has 0 aliphatic heterocycles. The zero-order chi connectivity index (χ0) is 13.7. The van der Waals surface area contributed by atoms with Crippen LogP contribution >= 0.6 is 0 Å². The van der Waals surface area contributed by atoms with Crippen LogP contribution in [0.3, 0.4) is 0 Å². The molecule has 0 bridgehead atoms. The van der Waals surface area contributed by atoms with Crippen LogP contribution in [0.5, 0.6) is 0 Å². The molecule has 4 aromatic rings. The number of rotatable bonds is 1. The number of carbonyl (C=O) groups excluding carboxylic acids is 1. The maximum atomic E-state index is 11.7. The van der Waals surface area contributed by atoms with Crippen LogP contribution < -0.4 is 0 Å². The fourth-order valence-electron chi connectivity index (χ4n) is 2.80. The molecule has 0 fully saturated rings. The highest BCUT2D eigenvalue weighted by molar-refractivity contribution is 6.18. The second kappa shape index (κ2) is 3.94. The normalized spacial score (nSPS) is 11.4. The molecule has 2 nitrogen and oxygen atoms in total. The maximum absolute atomic E-state index is 11.7. The van der Waals surface area contributed by atoms with Gasteiger partial charge in [0, 0.05) is 16.2 Å². The molecule has 1 aromatic heterocycles. The minimum Gasteiger partial charge on any atom is -0.455 e. The second-order valence-corrected chi connectivity index (χ2v) is 5.00. The van der Waals surface area contributed by atoms with Crippen LogP contribution in [0.15, 0.2) is 59.0 Å². The van der Waals surface area contributed by atoms with E-state index in [9.17, 15) is 4.79 Å². The van der Waals surface area contributed by atoms with Gasteiger partial charge in [0.2, 0.25) is 0 Å². The van der Waals surface area contributed by atoms with E-state index in [4.69, 9.17) is 4.42 Å². The highest BCUT2D eigenvalue weighted by Crippen LogP contribution is 2.35. The zero-order valence-electron chi connectivity index (χ0n) is 11.0. The second-order valence-electron chi connectivity index (χ2n) is 5.00. The van der Waals surface area contributed by atoms with Gasteiger partial charge in [0.05, 0.1) is 5.56 Å². The molecule has 2 heteroatoms. The number of benzene rings is 3. The number of fused-ring (bicyclic) bond motifs is 5. The molecule has 0 aliphatic carbocycles. The van der Waals surface area contributed by atoms with Gasteiger partial charge in [-0.15, -0.1) is 0 Å². The lowest BCUT2D eigenvalue weighted by Crippen LogP contribution is -1.91. The molecule has 0 radical (unpaired) electrons. The van der Waals surface area contributed by atoms with E-state index in [1.807, 2.05) is 36.4 Å². The first-order valence-electron chi connectivity index (χ1n) is 6.59. The summed E-state index contributed by atoms with van der Waals surface area (Å²) in [6.07, 6.45) is 0. The molecule has 0 N–H and O–H groups in total. The minimum atomic E-state index is 0.0268. The number of ketones is 1. The number of Topliss-reactive ketones (excluding diaryl/α,β-unsaturated/α-hetero) is 1. The van der Waals surface area contributed by atoms with Crippen molar-refractivity contribution in [3.63, 3.8) is 0 Å². The SMILES string of the molecule is CC(=O)c1cccc2c1oc1c3ccccc3ccc21. The topological polar surface area (TPSA) is 30.2 Å². The van der Waals surface area contributed by atoms with Gasteiger partial charge in [0.15, 0.2) is 5.78 Å². The van der Waals surface area contributed by atoms with Crippen molar-refractivity contribution in [1.29, 1.82) is 0 Å². The van der Waals surface area contributed by atoms with Crippen molar-refractivity contribution in [2.45, 2.75) is 6.92 Å². The van der Waals surface area contributed by atoms with E-state index in [-0.39, 0.29) is 5.78 Å². The van der Waals surface area contributed by atoms with E-state index < -0.39 is 0 Å². The van der Waals surface area contributed by atoms with Crippen molar-refractivity contribution >= 4 is 38.5 Å². The number of para-hydroxylation sites is 1. The molecule has 20 heavy (non-hydrogen) atoms. The first kappa shape index (κ1) is 11.2. The molecule has 0 spiro atoms. The van der Waals surface area contributed by atoms with Crippen LogP contribution in [0, 0.1) is 0 Å². The van der Waals surface area contributed by atoms with Crippen LogP contribution in [0.2, 0.25) is 0 Å². The Morgan fingerprint density at radius 3 is 2.40 bits per heavy atom. The van der Waals surface area contributed by atoms with Gasteiger partial charge in [0.25, 0.3) is 0 Å². The summed E-state index contributed by atoms with van der Waals surface area (Å²) in [5, 5.41) is 4.28. The Bertz CT molecular complexity index is 977. The minimum absolute atomic E-state index is 0.0268. The van der Waals surface area contributed by atoms with Crippen molar-refractivity contribution in [2.75, 3.05) is 0 Å². The molecule has 0 amide bonds. The highest BCUT2D eigenvalue weighted by atomic mass is 16.3. The van der Waals surface area contributed by atoms with E-state index >= 15 is 0 Å². The van der Waals surface area contributed by atoms with Gasteiger partial charge < -0.3 is 4.42 Å². The predicted molar refractivity (Wildman–Crippen MR) is 81.2 cm³/mol. The summed E-state index contributed by atoms with van der Waals surface area (Å²) >= 11 is 0. The lowest BCUT2D eigenvalue weighted by atomic mass is 10.0. The quantitative estimate of drug-likeness (QED) is 0.454. The maximum Gasteiger partial charge on any atom is 0.163 e. The molecular formula is C18H12O2. The predicted octanol–water partition coefficient (Wildman–Crippen LogP) is 4.94. The van der Waals surface area contributed by atoms with Crippen LogP contribution in [0.1, 0.15) is 17.3 Å². The largest absolute Gasteiger partial charge is 0.455 e. The number of hydrogen-bond acceptors (Lipinski definition) is 2. The van der Waals surface area contributed by atoms with Crippen LogP contribution in [0.4, 0.5) is 0 Å². The Morgan fingerprint density at radius 1 is 0.800 bits per heavy atom. The summed E-state index contributed by atoms with van der Waals surface area (Å²) in [5.41, 5.74) is 2.18. The number of furan rings is 1. The van der Waals surface area contributed by atoms with Gasteiger partial charge in [-0.05, 0) is 24.4 Å². The lowest BCUT2D eigenvalue weighted by molar-refractivity contribution is 0.101. The smallest absolute Gasteiger partial charge is 0.163 e. The van der Waals surface area contributed by atoms with Crippen LogP contribution in [-0.2, 0) is 0 Å². The first-order chi connectivity index (χ1) is 9.75. The number of carbonyl (C=O) groups is 1. The fraction of sp³-hybridized carbons (Fsp3) is 0.0556. The summed E-state index contributed by atoms with van der Waals surface area (Å²) in [4.78, 5) is 11.7. The van der Waals surface area contributed by atoms with E-state index in [1.165, 1.54) is 0 Å². The Kier molecular flexibility index (Phi) is 2.21. The number of hydrogen-bond donors (Lipinski definition) is 0. The summed E-state index contributed by atoms with van der Waals surface area (Å²) in [6.45, 7) is 1.57. The van der Waals surface area contributed by atoms with Crippen molar-refractivity contribution in [1.82, 2.24) is 0 Å². The average Bonchev–Trinajstić information content (AvgIpc) is 2.86. The Morgan fingerprint density at radius 2 is 1.55 bits per heavy atom.